The van der Waals surface area contributed by atoms with Gasteiger partial charge < -0.3 is 15.1 Å². The van der Waals surface area contributed by atoms with E-state index in [1.54, 1.807) is 0 Å². The van der Waals surface area contributed by atoms with Crippen LogP contribution in [0.3, 0.4) is 0 Å². The number of rotatable bonds is 7. The number of nitrogens with one attached hydrogen (secondary N) is 1. The first-order valence-corrected chi connectivity index (χ1v) is 8.90. The Morgan fingerprint density at radius 2 is 1.90 bits per heavy atom. The van der Waals surface area contributed by atoms with Gasteiger partial charge in [0.1, 0.15) is 0 Å². The second-order valence-corrected chi connectivity index (χ2v) is 6.85. The van der Waals surface area contributed by atoms with Crippen LogP contribution in [0.4, 0.5) is 0 Å². The van der Waals surface area contributed by atoms with E-state index in [1.807, 2.05) is 0 Å². The van der Waals surface area contributed by atoms with E-state index in [9.17, 15) is 0 Å². The zero-order valence-electron chi connectivity index (χ0n) is 13.9. The van der Waals surface area contributed by atoms with Crippen LogP contribution in [0.15, 0.2) is 0 Å². The molecule has 0 amide bonds. The molecule has 0 aromatic carbocycles. The molecule has 3 unspecified atom stereocenters. The van der Waals surface area contributed by atoms with Crippen LogP contribution < -0.4 is 5.32 Å². The van der Waals surface area contributed by atoms with Crippen LogP contribution in [0.5, 0.6) is 0 Å². The van der Waals surface area contributed by atoms with Crippen molar-refractivity contribution < 1.29 is 0 Å². The summed E-state index contributed by atoms with van der Waals surface area (Å²) in [7, 11) is 2.35. The number of likely N-dealkylation sites (N-methyl/N-ethyl adjacent to an activating group) is 2. The van der Waals surface area contributed by atoms with E-state index in [0.29, 0.717) is 6.04 Å². The van der Waals surface area contributed by atoms with Crippen LogP contribution in [-0.4, -0.2) is 61.7 Å². The summed E-state index contributed by atoms with van der Waals surface area (Å²) < 4.78 is 0. The Morgan fingerprint density at radius 1 is 1.15 bits per heavy atom. The van der Waals surface area contributed by atoms with Crippen LogP contribution in [-0.2, 0) is 0 Å². The summed E-state index contributed by atoms with van der Waals surface area (Å²) in [4.78, 5) is 5.28. The highest BCUT2D eigenvalue weighted by molar-refractivity contribution is 4.90. The molecule has 0 radical (unpaired) electrons. The molecular weight excluding hydrogens is 246 g/mol. The Morgan fingerprint density at radius 3 is 2.55 bits per heavy atom. The monoisotopic (exact) mass is 281 g/mol. The van der Waals surface area contributed by atoms with Gasteiger partial charge in [-0.1, -0.05) is 20.3 Å². The minimum atomic E-state index is 0.714. The van der Waals surface area contributed by atoms with Crippen molar-refractivity contribution in [3.05, 3.63) is 0 Å². The standard InChI is InChI=1S/C17H35N3/c1-4-15-8-9-16(18-5-2)17(14-15)19(3)12-13-20-10-6-7-11-20/h15-18H,4-14H2,1-3H3. The molecule has 20 heavy (non-hydrogen) atoms. The first-order valence-electron chi connectivity index (χ1n) is 8.90. The number of nitrogens with zero attached hydrogens (tertiary/aromatic N) is 2. The Balaban J connectivity index is 1.83. The molecule has 1 heterocycles. The second kappa shape index (κ2) is 8.35. The van der Waals surface area contributed by atoms with E-state index >= 15 is 0 Å². The van der Waals surface area contributed by atoms with Crippen LogP contribution in [0.2, 0.25) is 0 Å². The lowest BCUT2D eigenvalue weighted by molar-refractivity contribution is 0.109. The molecule has 1 aliphatic carbocycles. The van der Waals surface area contributed by atoms with Crippen molar-refractivity contribution >= 4 is 0 Å². The number of likely N-dealkylation sites (tertiary alicyclic amines) is 1. The SMILES string of the molecule is CCNC1CCC(CC)CC1N(C)CCN1CCCC1. The van der Waals surface area contributed by atoms with Crippen LogP contribution in [0.1, 0.15) is 52.4 Å². The van der Waals surface area contributed by atoms with E-state index in [0.717, 1.165) is 18.5 Å². The fourth-order valence-corrected chi connectivity index (χ4v) is 4.06. The van der Waals surface area contributed by atoms with Crippen LogP contribution in [0.25, 0.3) is 0 Å². The van der Waals surface area contributed by atoms with Crippen molar-refractivity contribution in [1.29, 1.82) is 0 Å². The van der Waals surface area contributed by atoms with Gasteiger partial charge in [-0.15, -0.1) is 0 Å². The van der Waals surface area contributed by atoms with E-state index in [2.05, 4.69) is 36.0 Å². The molecule has 1 saturated heterocycles. The third-order valence-corrected chi connectivity index (χ3v) is 5.50. The molecule has 3 nitrogen and oxygen atoms in total. The molecular formula is C17H35N3. The lowest BCUT2D eigenvalue weighted by Crippen LogP contribution is -2.53. The molecule has 1 aliphatic heterocycles. The summed E-state index contributed by atoms with van der Waals surface area (Å²) in [5, 5.41) is 3.73. The first-order chi connectivity index (χ1) is 9.74. The van der Waals surface area contributed by atoms with Gasteiger partial charge in [0, 0.05) is 25.2 Å². The molecule has 0 spiro atoms. The largest absolute Gasteiger partial charge is 0.313 e. The molecule has 2 fully saturated rings. The number of hydrogen-bond acceptors (Lipinski definition) is 3. The summed E-state index contributed by atoms with van der Waals surface area (Å²) in [5.41, 5.74) is 0. The Bertz CT molecular complexity index is 263. The predicted molar refractivity (Wildman–Crippen MR) is 87.2 cm³/mol. The van der Waals surface area contributed by atoms with Gasteiger partial charge in [0.25, 0.3) is 0 Å². The van der Waals surface area contributed by atoms with Crippen molar-refractivity contribution in [3.8, 4) is 0 Å². The molecule has 1 saturated carbocycles. The van der Waals surface area contributed by atoms with E-state index in [4.69, 9.17) is 0 Å². The van der Waals surface area contributed by atoms with Crippen molar-refractivity contribution in [2.45, 2.75) is 64.5 Å². The lowest BCUT2D eigenvalue weighted by atomic mass is 9.80. The highest BCUT2D eigenvalue weighted by Crippen LogP contribution is 2.29. The van der Waals surface area contributed by atoms with Gasteiger partial charge in [-0.3, -0.25) is 0 Å². The lowest BCUT2D eigenvalue weighted by Gasteiger charge is -2.42. The molecule has 1 N–H and O–H groups in total. The molecule has 3 heteroatoms. The summed E-state index contributed by atoms with van der Waals surface area (Å²) in [6.07, 6.45) is 8.35. The maximum Gasteiger partial charge on any atom is 0.0249 e. The van der Waals surface area contributed by atoms with E-state index < -0.39 is 0 Å². The highest BCUT2D eigenvalue weighted by atomic mass is 15.2. The Kier molecular flexibility index (Phi) is 6.79. The quantitative estimate of drug-likeness (QED) is 0.774. The number of hydrogen-bond donors (Lipinski definition) is 1. The van der Waals surface area contributed by atoms with Gasteiger partial charge in [-0.25, -0.2) is 0 Å². The molecule has 3 atom stereocenters. The van der Waals surface area contributed by atoms with E-state index in [-0.39, 0.29) is 0 Å². The fourth-order valence-electron chi connectivity index (χ4n) is 4.06. The van der Waals surface area contributed by atoms with Crippen molar-refractivity contribution in [2.75, 3.05) is 39.8 Å². The zero-order chi connectivity index (χ0) is 14.4. The average molecular weight is 281 g/mol. The highest BCUT2D eigenvalue weighted by Gasteiger charge is 2.31. The van der Waals surface area contributed by atoms with Crippen LogP contribution in [0, 0.1) is 5.92 Å². The predicted octanol–water partition coefficient (Wildman–Crippen LogP) is 2.57. The molecule has 2 aliphatic rings. The summed E-state index contributed by atoms with van der Waals surface area (Å²) in [6.45, 7) is 10.9. The van der Waals surface area contributed by atoms with Gasteiger partial charge in [0.15, 0.2) is 0 Å². The zero-order valence-corrected chi connectivity index (χ0v) is 13.9. The summed E-state index contributed by atoms with van der Waals surface area (Å²) in [6, 6.07) is 1.46. The third-order valence-electron chi connectivity index (χ3n) is 5.50. The smallest absolute Gasteiger partial charge is 0.0249 e. The van der Waals surface area contributed by atoms with Gasteiger partial charge in [0.05, 0.1) is 0 Å². The third kappa shape index (κ3) is 4.44. The van der Waals surface area contributed by atoms with Gasteiger partial charge in [-0.2, -0.15) is 0 Å². The topological polar surface area (TPSA) is 18.5 Å². The maximum absolute atomic E-state index is 3.73. The molecule has 0 bridgehead atoms. The van der Waals surface area contributed by atoms with Crippen LogP contribution >= 0.6 is 0 Å². The second-order valence-electron chi connectivity index (χ2n) is 6.85. The van der Waals surface area contributed by atoms with E-state index in [1.165, 1.54) is 64.7 Å². The Labute approximate surface area is 126 Å². The van der Waals surface area contributed by atoms with Gasteiger partial charge in [0.2, 0.25) is 0 Å². The van der Waals surface area contributed by atoms with Gasteiger partial charge in [-0.05, 0) is 64.7 Å². The summed E-state index contributed by atoms with van der Waals surface area (Å²) in [5.74, 6) is 0.948. The first kappa shape index (κ1) is 16.3. The maximum atomic E-state index is 3.73. The summed E-state index contributed by atoms with van der Waals surface area (Å²) >= 11 is 0. The van der Waals surface area contributed by atoms with Crippen molar-refractivity contribution in [3.63, 3.8) is 0 Å². The fraction of sp³-hybridized carbons (Fsp3) is 1.00. The van der Waals surface area contributed by atoms with Gasteiger partial charge >= 0.3 is 0 Å². The minimum absolute atomic E-state index is 0.714. The Hall–Kier alpha value is -0.120. The molecule has 0 aromatic rings. The minimum Gasteiger partial charge on any atom is -0.313 e. The molecule has 2 rings (SSSR count). The van der Waals surface area contributed by atoms with Crippen molar-refractivity contribution in [2.24, 2.45) is 5.92 Å². The normalized spacial score (nSPS) is 32.1. The molecule has 118 valence electrons. The van der Waals surface area contributed by atoms with Crippen molar-refractivity contribution in [1.82, 2.24) is 15.1 Å². The average Bonchev–Trinajstić information content (AvgIpc) is 2.99. The molecule has 0 aromatic heterocycles.